The minimum atomic E-state index is -1.18. The second-order valence-electron chi connectivity index (χ2n) is 4.79. The molecule has 2 fully saturated rings. The molecule has 0 spiro atoms. The van der Waals surface area contributed by atoms with Crippen LogP contribution in [-0.2, 0) is 28.5 Å². The molecule has 108 valence electrons. The lowest BCUT2D eigenvalue weighted by Gasteiger charge is -2.41. The van der Waals surface area contributed by atoms with Crippen LogP contribution in [-0.4, -0.2) is 62.8 Å². The minimum Gasteiger partial charge on any atom is -0.478 e. The topological polar surface area (TPSA) is 91.3 Å². The molecule has 7 nitrogen and oxygen atoms in total. The van der Waals surface area contributed by atoms with E-state index >= 15 is 0 Å². The van der Waals surface area contributed by atoms with Gasteiger partial charge in [0.25, 0.3) is 0 Å². The highest BCUT2D eigenvalue weighted by atomic mass is 16.6. The van der Waals surface area contributed by atoms with Crippen LogP contribution in [0.5, 0.6) is 0 Å². The summed E-state index contributed by atoms with van der Waals surface area (Å²) in [6, 6.07) is 0. The number of fused-ring (bicyclic) bond motifs is 1. The molecule has 0 unspecified atom stereocenters. The maximum Gasteiger partial charge on any atom is 0.345 e. The maximum atomic E-state index is 11.8. The Morgan fingerprint density at radius 3 is 2.32 bits per heavy atom. The van der Waals surface area contributed by atoms with E-state index < -0.39 is 42.1 Å². The lowest BCUT2D eigenvalue weighted by Crippen LogP contribution is -2.55. The average Bonchev–Trinajstić information content (AvgIpc) is 2.73. The van der Waals surface area contributed by atoms with Gasteiger partial charge in [-0.05, 0) is 6.42 Å². The summed E-state index contributed by atoms with van der Waals surface area (Å²) in [4.78, 5) is 23.0. The Labute approximate surface area is 110 Å². The van der Waals surface area contributed by atoms with Crippen LogP contribution in [0, 0.1) is 11.8 Å². The Hall–Kier alpha value is -1.18. The number of aliphatic carboxylic acids is 1. The molecule has 1 heterocycles. The third-order valence-electron chi connectivity index (χ3n) is 4.01. The fourth-order valence-electron chi connectivity index (χ4n) is 3.15. The van der Waals surface area contributed by atoms with Crippen molar-refractivity contribution in [1.82, 2.24) is 0 Å². The first-order valence-electron chi connectivity index (χ1n) is 6.06. The zero-order valence-electron chi connectivity index (χ0n) is 11.1. The Morgan fingerprint density at radius 2 is 1.84 bits per heavy atom. The first kappa shape index (κ1) is 14.2. The molecule has 0 radical (unpaired) electrons. The van der Waals surface area contributed by atoms with E-state index in [2.05, 4.69) is 0 Å². The molecular weight excluding hydrogens is 256 g/mol. The number of hydrogen-bond acceptors (Lipinski definition) is 6. The Morgan fingerprint density at radius 1 is 1.21 bits per heavy atom. The van der Waals surface area contributed by atoms with Crippen LogP contribution in [0.1, 0.15) is 6.42 Å². The van der Waals surface area contributed by atoms with Gasteiger partial charge in [0, 0.05) is 27.2 Å². The Kier molecular flexibility index (Phi) is 4.07. The molecule has 0 bridgehead atoms. The minimum absolute atomic E-state index is 0.323. The van der Waals surface area contributed by atoms with Crippen LogP contribution in [0.25, 0.3) is 0 Å². The summed E-state index contributed by atoms with van der Waals surface area (Å²) >= 11 is 0. The molecule has 2 rings (SSSR count). The van der Waals surface area contributed by atoms with Crippen molar-refractivity contribution in [3.63, 3.8) is 0 Å². The molecule has 1 N–H and O–H groups in total. The number of methoxy groups -OCH3 is 3. The molecule has 1 saturated carbocycles. The Balaban J connectivity index is 2.33. The number of cyclic esters (lactones) is 1. The number of carbonyl (C=O) groups excluding carboxylic acids is 1. The highest BCUT2D eigenvalue weighted by Gasteiger charge is 2.59. The predicted molar refractivity (Wildman–Crippen MR) is 61.5 cm³/mol. The van der Waals surface area contributed by atoms with E-state index in [0.29, 0.717) is 6.42 Å². The van der Waals surface area contributed by atoms with Crippen LogP contribution in [0.2, 0.25) is 0 Å². The fourth-order valence-corrected chi connectivity index (χ4v) is 3.15. The van der Waals surface area contributed by atoms with E-state index in [-0.39, 0.29) is 6.10 Å². The summed E-state index contributed by atoms with van der Waals surface area (Å²) in [6.07, 6.45) is -2.11. The van der Waals surface area contributed by atoms with Crippen LogP contribution in [0.3, 0.4) is 0 Å². The van der Waals surface area contributed by atoms with Gasteiger partial charge in [-0.25, -0.2) is 4.79 Å². The quantitative estimate of drug-likeness (QED) is 0.702. The zero-order chi connectivity index (χ0) is 14.2. The van der Waals surface area contributed by atoms with Crippen molar-refractivity contribution in [3.05, 3.63) is 0 Å². The molecule has 7 heteroatoms. The van der Waals surface area contributed by atoms with E-state index in [1.807, 2.05) is 0 Å². The smallest absolute Gasteiger partial charge is 0.345 e. The van der Waals surface area contributed by atoms with E-state index in [0.717, 1.165) is 0 Å². The van der Waals surface area contributed by atoms with Gasteiger partial charge in [-0.3, -0.25) is 4.79 Å². The van der Waals surface area contributed by atoms with Gasteiger partial charge in [0.1, 0.15) is 6.10 Å². The zero-order valence-corrected chi connectivity index (χ0v) is 11.1. The first-order chi connectivity index (χ1) is 9.04. The van der Waals surface area contributed by atoms with Crippen LogP contribution in [0.4, 0.5) is 0 Å². The number of carboxylic acid groups (broad SMARTS) is 1. The average molecular weight is 274 g/mol. The molecule has 6 atom stereocenters. The summed E-state index contributed by atoms with van der Waals surface area (Å²) in [7, 11) is 4.50. The number of carboxylic acids is 1. The Bertz CT molecular complexity index is 369. The molecule has 19 heavy (non-hydrogen) atoms. The largest absolute Gasteiger partial charge is 0.478 e. The van der Waals surface area contributed by atoms with Crippen molar-refractivity contribution in [1.29, 1.82) is 0 Å². The number of carbonyl (C=O) groups is 2. The van der Waals surface area contributed by atoms with Crippen LogP contribution in [0.15, 0.2) is 0 Å². The summed E-state index contributed by atoms with van der Waals surface area (Å²) in [5, 5.41) is 9.16. The molecular formula is C12H18O7. The second kappa shape index (κ2) is 5.44. The van der Waals surface area contributed by atoms with Crippen molar-refractivity contribution >= 4 is 11.9 Å². The van der Waals surface area contributed by atoms with Crippen LogP contribution >= 0.6 is 0 Å². The van der Waals surface area contributed by atoms with Gasteiger partial charge in [0.2, 0.25) is 6.10 Å². The second-order valence-corrected chi connectivity index (χ2v) is 4.79. The van der Waals surface area contributed by atoms with Crippen molar-refractivity contribution in [2.45, 2.75) is 30.8 Å². The third kappa shape index (κ3) is 2.22. The SMILES string of the molecule is CO[C@@H]1[C@H](OC)[C@@H](OC)C[C@H]2C(=O)O[C@@H](C(=O)O)[C@H]12. The van der Waals surface area contributed by atoms with Gasteiger partial charge in [-0.15, -0.1) is 0 Å². The van der Waals surface area contributed by atoms with Gasteiger partial charge < -0.3 is 24.1 Å². The summed E-state index contributed by atoms with van der Waals surface area (Å²) in [6.45, 7) is 0. The summed E-state index contributed by atoms with van der Waals surface area (Å²) in [5.41, 5.74) is 0. The number of rotatable bonds is 4. The van der Waals surface area contributed by atoms with Gasteiger partial charge in [0.15, 0.2) is 0 Å². The lowest BCUT2D eigenvalue weighted by molar-refractivity contribution is -0.173. The number of esters is 1. The molecule has 2 aliphatic rings. The van der Waals surface area contributed by atoms with Gasteiger partial charge >= 0.3 is 11.9 Å². The normalized spacial score (nSPS) is 41.7. The van der Waals surface area contributed by atoms with Crippen molar-refractivity contribution in [2.24, 2.45) is 11.8 Å². The number of ether oxygens (including phenoxy) is 4. The fraction of sp³-hybridized carbons (Fsp3) is 0.833. The van der Waals surface area contributed by atoms with E-state index in [1.165, 1.54) is 21.3 Å². The monoisotopic (exact) mass is 274 g/mol. The van der Waals surface area contributed by atoms with Crippen molar-refractivity contribution in [3.8, 4) is 0 Å². The molecule has 0 amide bonds. The van der Waals surface area contributed by atoms with Crippen molar-refractivity contribution < 1.29 is 33.6 Å². The van der Waals surface area contributed by atoms with Gasteiger partial charge in [-0.1, -0.05) is 0 Å². The van der Waals surface area contributed by atoms with Gasteiger partial charge in [0.05, 0.1) is 18.1 Å². The summed E-state index contributed by atoms with van der Waals surface area (Å²) < 4.78 is 21.0. The van der Waals surface area contributed by atoms with Gasteiger partial charge in [-0.2, -0.15) is 0 Å². The van der Waals surface area contributed by atoms with E-state index in [4.69, 9.17) is 24.1 Å². The molecule has 0 aromatic carbocycles. The first-order valence-corrected chi connectivity index (χ1v) is 6.06. The predicted octanol–water partition coefficient (Wildman–Crippen LogP) is -0.322. The molecule has 1 saturated heterocycles. The van der Waals surface area contributed by atoms with Crippen molar-refractivity contribution in [2.75, 3.05) is 21.3 Å². The van der Waals surface area contributed by atoms with Crippen LogP contribution < -0.4 is 0 Å². The van der Waals surface area contributed by atoms with E-state index in [9.17, 15) is 9.59 Å². The molecule has 0 aromatic heterocycles. The standard InChI is InChI=1S/C12H18O7/c1-16-6-4-5-7(9(18-3)8(6)17-2)10(11(13)14)19-12(5)15/h5-10H,4H2,1-3H3,(H,13,14)/t5-,6+,7+,8-,9+,10-/m1/s1. The molecule has 1 aliphatic carbocycles. The molecule has 0 aromatic rings. The highest BCUT2D eigenvalue weighted by Crippen LogP contribution is 2.43. The maximum absolute atomic E-state index is 11.8. The van der Waals surface area contributed by atoms with E-state index in [1.54, 1.807) is 0 Å². The third-order valence-corrected chi connectivity index (χ3v) is 4.01. The highest BCUT2D eigenvalue weighted by molar-refractivity contribution is 5.84. The molecule has 1 aliphatic heterocycles. The number of hydrogen-bond donors (Lipinski definition) is 1. The lowest BCUT2D eigenvalue weighted by atomic mass is 9.73. The summed E-state index contributed by atoms with van der Waals surface area (Å²) in [5.74, 6) is -2.74.